The fourth-order valence-corrected chi connectivity index (χ4v) is 2.40. The summed E-state index contributed by atoms with van der Waals surface area (Å²) in [5, 5.41) is 4.02. The third-order valence-electron chi connectivity index (χ3n) is 3.19. The molecule has 5 nitrogen and oxygen atoms in total. The van der Waals surface area contributed by atoms with Crippen molar-refractivity contribution in [2.24, 2.45) is 5.10 Å². The van der Waals surface area contributed by atoms with E-state index < -0.39 is 0 Å². The minimum Gasteiger partial charge on any atom is -0.489 e. The van der Waals surface area contributed by atoms with E-state index in [1.54, 1.807) is 30.4 Å². The predicted molar refractivity (Wildman–Crippen MR) is 107 cm³/mol. The van der Waals surface area contributed by atoms with E-state index in [4.69, 9.17) is 9.47 Å². The van der Waals surface area contributed by atoms with Crippen LogP contribution in [-0.4, -0.2) is 25.3 Å². The highest BCUT2D eigenvalue weighted by Crippen LogP contribution is 2.23. The number of nitrogens with zero attached hydrogens (tertiary/aromatic N) is 1. The fourth-order valence-electron chi connectivity index (χ4n) is 2.04. The number of hydrogen-bond acceptors (Lipinski definition) is 4. The summed E-state index contributed by atoms with van der Waals surface area (Å²) in [4.78, 5) is 12.4. The zero-order chi connectivity index (χ0) is 18.8. The van der Waals surface area contributed by atoms with Gasteiger partial charge in [0, 0.05) is 10.0 Å². The van der Waals surface area contributed by atoms with Crippen molar-refractivity contribution >= 4 is 28.1 Å². The summed E-state index contributed by atoms with van der Waals surface area (Å²) in [5.41, 5.74) is 3.62. The maximum absolute atomic E-state index is 12.4. The monoisotopic (exact) mass is 414 g/mol. The smallest absolute Gasteiger partial charge is 0.275 e. The molecular formula is C20H19BrN2O3. The minimum absolute atomic E-state index is 0.305. The quantitative estimate of drug-likeness (QED) is 0.377. The van der Waals surface area contributed by atoms with Gasteiger partial charge in [0.15, 0.2) is 0 Å². The molecule has 2 aromatic rings. The lowest BCUT2D eigenvalue weighted by Crippen LogP contribution is -2.19. The van der Waals surface area contributed by atoms with Crippen LogP contribution in [-0.2, 0) is 0 Å². The zero-order valence-electron chi connectivity index (χ0n) is 14.2. The van der Waals surface area contributed by atoms with Gasteiger partial charge in [-0.15, -0.1) is 0 Å². The van der Waals surface area contributed by atoms with Crippen LogP contribution in [0.5, 0.6) is 11.5 Å². The van der Waals surface area contributed by atoms with E-state index in [2.05, 4.69) is 39.6 Å². The number of para-hydroxylation sites is 1. The summed E-state index contributed by atoms with van der Waals surface area (Å²) >= 11 is 3.35. The molecule has 0 heterocycles. The van der Waals surface area contributed by atoms with Crippen LogP contribution in [0.25, 0.3) is 0 Å². The van der Waals surface area contributed by atoms with E-state index in [0.29, 0.717) is 30.3 Å². The lowest BCUT2D eigenvalue weighted by atomic mass is 10.2. The first kappa shape index (κ1) is 19.5. The van der Waals surface area contributed by atoms with Gasteiger partial charge in [0.1, 0.15) is 24.7 Å². The van der Waals surface area contributed by atoms with Crippen molar-refractivity contribution in [2.45, 2.75) is 0 Å². The Balaban J connectivity index is 2.11. The number of amides is 1. The SMILES string of the molecule is C=CCOc1ccccc1/C=N\NC(=O)c1cc(Br)ccc1OCC=C. The Morgan fingerprint density at radius 3 is 2.50 bits per heavy atom. The first-order valence-electron chi connectivity index (χ1n) is 7.85. The maximum Gasteiger partial charge on any atom is 0.275 e. The number of carbonyl (C=O) groups is 1. The number of rotatable bonds is 9. The van der Waals surface area contributed by atoms with Gasteiger partial charge in [-0.2, -0.15) is 5.10 Å². The van der Waals surface area contributed by atoms with Crippen LogP contribution in [0.4, 0.5) is 0 Å². The van der Waals surface area contributed by atoms with Gasteiger partial charge in [-0.3, -0.25) is 4.79 Å². The lowest BCUT2D eigenvalue weighted by Gasteiger charge is -2.09. The highest BCUT2D eigenvalue weighted by atomic mass is 79.9. The van der Waals surface area contributed by atoms with Crippen LogP contribution < -0.4 is 14.9 Å². The van der Waals surface area contributed by atoms with Crippen molar-refractivity contribution in [3.05, 3.63) is 83.4 Å². The number of benzene rings is 2. The van der Waals surface area contributed by atoms with Gasteiger partial charge in [-0.25, -0.2) is 5.43 Å². The third-order valence-corrected chi connectivity index (χ3v) is 3.68. The van der Waals surface area contributed by atoms with Gasteiger partial charge in [0.05, 0.1) is 11.8 Å². The van der Waals surface area contributed by atoms with Gasteiger partial charge < -0.3 is 9.47 Å². The van der Waals surface area contributed by atoms with Crippen LogP contribution in [0.1, 0.15) is 15.9 Å². The molecule has 0 aliphatic carbocycles. The number of nitrogens with one attached hydrogen (secondary N) is 1. The molecule has 0 aliphatic heterocycles. The molecule has 0 spiro atoms. The summed E-state index contributed by atoms with van der Waals surface area (Å²) in [5.74, 6) is 0.726. The molecule has 0 unspecified atom stereocenters. The van der Waals surface area contributed by atoms with Crippen molar-refractivity contribution in [1.29, 1.82) is 0 Å². The fraction of sp³-hybridized carbons (Fsp3) is 0.100. The van der Waals surface area contributed by atoms with E-state index in [1.807, 2.05) is 24.3 Å². The van der Waals surface area contributed by atoms with Gasteiger partial charge in [-0.1, -0.05) is 53.4 Å². The number of carbonyl (C=O) groups excluding carboxylic acids is 1. The van der Waals surface area contributed by atoms with E-state index in [1.165, 1.54) is 6.21 Å². The summed E-state index contributed by atoms with van der Waals surface area (Å²) < 4.78 is 11.8. The first-order chi connectivity index (χ1) is 12.7. The maximum atomic E-state index is 12.4. The molecule has 6 heteroatoms. The van der Waals surface area contributed by atoms with Crippen LogP contribution in [0.2, 0.25) is 0 Å². The normalized spacial score (nSPS) is 10.3. The molecule has 0 saturated carbocycles. The van der Waals surface area contributed by atoms with E-state index in [9.17, 15) is 4.79 Å². The Morgan fingerprint density at radius 1 is 1.08 bits per heavy atom. The predicted octanol–water partition coefficient (Wildman–Crippen LogP) is 4.34. The largest absolute Gasteiger partial charge is 0.489 e. The van der Waals surface area contributed by atoms with E-state index in [-0.39, 0.29) is 5.91 Å². The summed E-state index contributed by atoms with van der Waals surface area (Å²) in [6.45, 7) is 7.92. The van der Waals surface area contributed by atoms with Gasteiger partial charge in [0.25, 0.3) is 5.91 Å². The first-order valence-corrected chi connectivity index (χ1v) is 8.64. The summed E-state index contributed by atoms with van der Waals surface area (Å²) in [6, 6.07) is 12.6. The number of halogens is 1. The van der Waals surface area contributed by atoms with Crippen LogP contribution >= 0.6 is 15.9 Å². The van der Waals surface area contributed by atoms with Crippen molar-refractivity contribution < 1.29 is 14.3 Å². The van der Waals surface area contributed by atoms with E-state index >= 15 is 0 Å². The highest BCUT2D eigenvalue weighted by Gasteiger charge is 2.12. The topological polar surface area (TPSA) is 59.9 Å². The standard InChI is InChI=1S/C20H19BrN2O3/c1-3-11-25-18-8-6-5-7-15(18)14-22-23-20(24)17-13-16(21)9-10-19(17)26-12-4-2/h3-10,13-14H,1-2,11-12H2,(H,23,24)/b22-14-. The van der Waals surface area contributed by atoms with Crippen LogP contribution in [0.15, 0.2) is 77.3 Å². The second kappa shape index (κ2) is 10.2. The summed E-state index contributed by atoms with van der Waals surface area (Å²) in [7, 11) is 0. The molecular weight excluding hydrogens is 396 g/mol. The Kier molecular flexibility index (Phi) is 7.64. The Morgan fingerprint density at radius 2 is 1.77 bits per heavy atom. The number of hydrogen-bond donors (Lipinski definition) is 1. The molecule has 134 valence electrons. The minimum atomic E-state index is -0.383. The molecule has 0 bridgehead atoms. The van der Waals surface area contributed by atoms with Crippen molar-refractivity contribution in [2.75, 3.05) is 13.2 Å². The highest BCUT2D eigenvalue weighted by molar-refractivity contribution is 9.10. The Labute approximate surface area is 161 Å². The molecule has 0 fully saturated rings. The molecule has 26 heavy (non-hydrogen) atoms. The lowest BCUT2D eigenvalue weighted by molar-refractivity contribution is 0.0951. The van der Waals surface area contributed by atoms with Crippen molar-refractivity contribution in [3.63, 3.8) is 0 Å². The number of ether oxygens (including phenoxy) is 2. The second-order valence-corrected chi connectivity index (χ2v) is 5.99. The molecule has 0 aliphatic rings. The Hall–Kier alpha value is -2.86. The zero-order valence-corrected chi connectivity index (χ0v) is 15.7. The molecule has 0 aromatic heterocycles. The van der Waals surface area contributed by atoms with Gasteiger partial charge >= 0.3 is 0 Å². The number of hydrazone groups is 1. The average molecular weight is 415 g/mol. The van der Waals surface area contributed by atoms with E-state index in [0.717, 1.165) is 10.0 Å². The molecule has 0 saturated heterocycles. The van der Waals surface area contributed by atoms with Crippen molar-refractivity contribution in [3.8, 4) is 11.5 Å². The molecule has 2 rings (SSSR count). The average Bonchev–Trinajstić information content (AvgIpc) is 2.66. The Bertz CT molecular complexity index is 818. The van der Waals surface area contributed by atoms with Crippen molar-refractivity contribution in [1.82, 2.24) is 5.43 Å². The van der Waals surface area contributed by atoms with Gasteiger partial charge in [0.2, 0.25) is 0 Å². The molecule has 0 atom stereocenters. The van der Waals surface area contributed by atoms with Crippen LogP contribution in [0.3, 0.4) is 0 Å². The molecule has 1 N–H and O–H groups in total. The van der Waals surface area contributed by atoms with Gasteiger partial charge in [-0.05, 0) is 30.3 Å². The van der Waals surface area contributed by atoms with Crippen LogP contribution in [0, 0.1) is 0 Å². The summed E-state index contributed by atoms with van der Waals surface area (Å²) in [6.07, 6.45) is 4.80. The third kappa shape index (κ3) is 5.60. The molecule has 1 amide bonds. The molecule has 0 radical (unpaired) electrons. The molecule has 2 aromatic carbocycles. The second-order valence-electron chi connectivity index (χ2n) is 5.08.